The summed E-state index contributed by atoms with van der Waals surface area (Å²) in [4.78, 5) is 12.4. The van der Waals surface area contributed by atoms with E-state index in [0.717, 1.165) is 36.5 Å². The van der Waals surface area contributed by atoms with Crippen LogP contribution in [0.4, 0.5) is 0 Å². The third kappa shape index (κ3) is 1.90. The van der Waals surface area contributed by atoms with Crippen LogP contribution in [0.1, 0.15) is 65.2 Å². The highest BCUT2D eigenvalue weighted by molar-refractivity contribution is 5.87. The van der Waals surface area contributed by atoms with E-state index < -0.39 is 5.41 Å². The number of carbonyl (C=O) groups excluding carboxylic acids is 1. The maximum atomic E-state index is 12.4. The third-order valence-electron chi connectivity index (χ3n) is 8.03. The number of aliphatic hydroxyl groups is 1. The molecule has 4 saturated carbocycles. The van der Waals surface area contributed by atoms with Gasteiger partial charge >= 0.3 is 0 Å². The van der Waals surface area contributed by atoms with Gasteiger partial charge in [-0.05, 0) is 81.0 Å². The average Bonchev–Trinajstić information content (AvgIpc) is 2.77. The fourth-order valence-corrected chi connectivity index (χ4v) is 6.86. The van der Waals surface area contributed by atoms with Gasteiger partial charge in [-0.3, -0.25) is 4.79 Å². The lowest BCUT2D eigenvalue weighted by atomic mass is 9.49. The molecule has 0 heterocycles. The lowest BCUT2D eigenvalue weighted by molar-refractivity contribution is -0.152. The SMILES string of the molecule is CC1CCC2C(CCC3C2CC(O)C2(C)C(=O)CCC32)C1. The molecule has 4 fully saturated rings. The van der Waals surface area contributed by atoms with Crippen molar-refractivity contribution in [3.05, 3.63) is 0 Å². The summed E-state index contributed by atoms with van der Waals surface area (Å²) in [6.07, 6.45) is 9.14. The van der Waals surface area contributed by atoms with E-state index in [1.165, 1.54) is 32.1 Å². The van der Waals surface area contributed by atoms with E-state index >= 15 is 0 Å². The highest BCUT2D eigenvalue weighted by Crippen LogP contribution is 2.61. The van der Waals surface area contributed by atoms with Crippen LogP contribution in [0, 0.1) is 40.9 Å². The molecule has 0 aromatic carbocycles. The number of rotatable bonds is 0. The Balaban J connectivity index is 1.62. The van der Waals surface area contributed by atoms with Crippen molar-refractivity contribution in [1.29, 1.82) is 0 Å². The predicted molar refractivity (Wildman–Crippen MR) is 82.7 cm³/mol. The molecular formula is C19H30O2. The molecule has 21 heavy (non-hydrogen) atoms. The zero-order valence-corrected chi connectivity index (χ0v) is 13.6. The van der Waals surface area contributed by atoms with Gasteiger partial charge in [0.2, 0.25) is 0 Å². The van der Waals surface area contributed by atoms with Crippen molar-refractivity contribution in [2.24, 2.45) is 40.9 Å². The number of hydrogen-bond acceptors (Lipinski definition) is 2. The molecule has 4 aliphatic carbocycles. The molecule has 0 bridgehead atoms. The normalized spacial score (nSPS) is 56.5. The highest BCUT2D eigenvalue weighted by atomic mass is 16.3. The lowest BCUT2D eigenvalue weighted by Gasteiger charge is -2.56. The van der Waals surface area contributed by atoms with Crippen molar-refractivity contribution in [3.63, 3.8) is 0 Å². The summed E-state index contributed by atoms with van der Waals surface area (Å²) in [6.45, 7) is 4.48. The Hall–Kier alpha value is -0.370. The number of Topliss-reactive ketones (excluding diaryl/α,β-unsaturated/α-hetero) is 1. The monoisotopic (exact) mass is 290 g/mol. The van der Waals surface area contributed by atoms with Gasteiger partial charge in [-0.2, -0.15) is 0 Å². The quantitative estimate of drug-likeness (QED) is 0.736. The van der Waals surface area contributed by atoms with E-state index in [1.54, 1.807) is 0 Å². The van der Waals surface area contributed by atoms with Crippen molar-refractivity contribution in [3.8, 4) is 0 Å². The summed E-state index contributed by atoms with van der Waals surface area (Å²) in [7, 11) is 0. The van der Waals surface area contributed by atoms with Crippen molar-refractivity contribution in [2.75, 3.05) is 0 Å². The zero-order chi connectivity index (χ0) is 14.8. The first-order valence-corrected chi connectivity index (χ1v) is 9.23. The van der Waals surface area contributed by atoms with Gasteiger partial charge in [0.25, 0.3) is 0 Å². The topological polar surface area (TPSA) is 37.3 Å². The first-order chi connectivity index (χ1) is 10.0. The van der Waals surface area contributed by atoms with Crippen LogP contribution < -0.4 is 0 Å². The molecule has 8 atom stereocenters. The minimum Gasteiger partial charge on any atom is -0.392 e. The fourth-order valence-electron chi connectivity index (χ4n) is 6.86. The molecule has 118 valence electrons. The van der Waals surface area contributed by atoms with E-state index in [9.17, 15) is 9.90 Å². The Morgan fingerprint density at radius 3 is 2.57 bits per heavy atom. The van der Waals surface area contributed by atoms with Crippen LogP contribution in [0.2, 0.25) is 0 Å². The van der Waals surface area contributed by atoms with Gasteiger partial charge < -0.3 is 5.11 Å². The van der Waals surface area contributed by atoms with Crippen LogP contribution in [0.3, 0.4) is 0 Å². The predicted octanol–water partition coefficient (Wildman–Crippen LogP) is 3.82. The second kappa shape index (κ2) is 4.81. The fraction of sp³-hybridized carbons (Fsp3) is 0.947. The lowest BCUT2D eigenvalue weighted by Crippen LogP contribution is -2.55. The van der Waals surface area contributed by atoms with Crippen LogP contribution in [-0.4, -0.2) is 17.0 Å². The number of carbonyl (C=O) groups is 1. The van der Waals surface area contributed by atoms with E-state index in [-0.39, 0.29) is 6.10 Å². The Bertz CT molecular complexity index is 445. The summed E-state index contributed by atoms with van der Waals surface area (Å²) in [5.74, 6) is 4.89. The number of ketones is 1. The molecular weight excluding hydrogens is 260 g/mol. The second-order valence-corrected chi connectivity index (χ2v) is 8.85. The molecule has 2 heteroatoms. The smallest absolute Gasteiger partial charge is 0.141 e. The first kappa shape index (κ1) is 14.2. The standard InChI is InChI=1S/C19H30O2/c1-11-3-5-13-12(9-11)4-6-14-15(13)10-18(21)19(2)16(14)7-8-17(19)20/h11-16,18,21H,3-10H2,1-2H3. The van der Waals surface area contributed by atoms with E-state index in [0.29, 0.717) is 24.0 Å². The maximum Gasteiger partial charge on any atom is 0.141 e. The minimum atomic E-state index is -0.407. The number of hydrogen-bond donors (Lipinski definition) is 1. The van der Waals surface area contributed by atoms with Gasteiger partial charge in [-0.25, -0.2) is 0 Å². The van der Waals surface area contributed by atoms with Gasteiger partial charge in [0, 0.05) is 6.42 Å². The Morgan fingerprint density at radius 1 is 1.00 bits per heavy atom. The first-order valence-electron chi connectivity index (χ1n) is 9.23. The Morgan fingerprint density at radius 2 is 1.76 bits per heavy atom. The molecule has 4 aliphatic rings. The molecule has 0 aromatic rings. The van der Waals surface area contributed by atoms with Crippen molar-refractivity contribution >= 4 is 5.78 Å². The van der Waals surface area contributed by atoms with Crippen LogP contribution >= 0.6 is 0 Å². The van der Waals surface area contributed by atoms with E-state index in [1.807, 2.05) is 0 Å². The maximum absolute atomic E-state index is 12.4. The van der Waals surface area contributed by atoms with Crippen molar-refractivity contribution in [1.82, 2.24) is 0 Å². The molecule has 0 aliphatic heterocycles. The molecule has 1 N–H and O–H groups in total. The molecule has 0 radical (unpaired) electrons. The molecule has 0 amide bonds. The van der Waals surface area contributed by atoms with Crippen LogP contribution in [-0.2, 0) is 4.79 Å². The van der Waals surface area contributed by atoms with Gasteiger partial charge in [-0.1, -0.05) is 13.3 Å². The van der Waals surface area contributed by atoms with Gasteiger partial charge in [0.05, 0.1) is 11.5 Å². The van der Waals surface area contributed by atoms with Gasteiger partial charge in [0.15, 0.2) is 0 Å². The van der Waals surface area contributed by atoms with Crippen molar-refractivity contribution < 1.29 is 9.90 Å². The molecule has 0 spiro atoms. The van der Waals surface area contributed by atoms with Gasteiger partial charge in [-0.15, -0.1) is 0 Å². The highest BCUT2D eigenvalue weighted by Gasteiger charge is 2.60. The van der Waals surface area contributed by atoms with Crippen molar-refractivity contribution in [2.45, 2.75) is 71.3 Å². The number of fused-ring (bicyclic) bond motifs is 5. The average molecular weight is 290 g/mol. The Kier molecular flexibility index (Phi) is 3.26. The summed E-state index contributed by atoms with van der Waals surface area (Å²) in [5.41, 5.74) is -0.407. The zero-order valence-electron chi connectivity index (χ0n) is 13.6. The summed E-state index contributed by atoms with van der Waals surface area (Å²) < 4.78 is 0. The Labute approximate surface area is 128 Å². The molecule has 4 rings (SSSR count). The molecule has 8 unspecified atom stereocenters. The third-order valence-corrected chi connectivity index (χ3v) is 8.03. The second-order valence-electron chi connectivity index (χ2n) is 8.85. The summed E-state index contributed by atoms with van der Waals surface area (Å²) in [5, 5.41) is 10.8. The van der Waals surface area contributed by atoms with Crippen LogP contribution in [0.15, 0.2) is 0 Å². The van der Waals surface area contributed by atoms with Crippen LogP contribution in [0.25, 0.3) is 0 Å². The molecule has 2 nitrogen and oxygen atoms in total. The van der Waals surface area contributed by atoms with Gasteiger partial charge in [0.1, 0.15) is 5.78 Å². The van der Waals surface area contributed by atoms with E-state index in [4.69, 9.17) is 0 Å². The van der Waals surface area contributed by atoms with E-state index in [2.05, 4.69) is 13.8 Å². The van der Waals surface area contributed by atoms with Crippen LogP contribution in [0.5, 0.6) is 0 Å². The largest absolute Gasteiger partial charge is 0.392 e. The number of aliphatic hydroxyl groups excluding tert-OH is 1. The summed E-state index contributed by atoms with van der Waals surface area (Å²) >= 11 is 0. The summed E-state index contributed by atoms with van der Waals surface area (Å²) in [6, 6.07) is 0. The molecule has 0 saturated heterocycles. The molecule has 0 aromatic heterocycles. The minimum absolute atomic E-state index is 0.345.